The molecule has 1 saturated heterocycles. The van der Waals surface area contributed by atoms with Crippen LogP contribution in [0.15, 0.2) is 42.5 Å². The van der Waals surface area contributed by atoms with Crippen molar-refractivity contribution in [3.63, 3.8) is 0 Å². The zero-order chi connectivity index (χ0) is 27.0. The SMILES string of the molecule is Cc1cc(C)c(Nc2nc(C)c3c(n2)[N+]2(CCCC2c2ccccc2)CC3)c(C)c1.O=C(O)C(F)(F)F. The number of fused-ring (bicyclic) bond motifs is 2. The van der Waals surface area contributed by atoms with E-state index >= 15 is 0 Å². The summed E-state index contributed by atoms with van der Waals surface area (Å²) in [6.07, 6.45) is -1.53. The van der Waals surface area contributed by atoms with Gasteiger partial charge in [0.15, 0.2) is 0 Å². The fourth-order valence-electron chi connectivity index (χ4n) is 5.82. The Balaban J connectivity index is 0.000000405. The van der Waals surface area contributed by atoms with Crippen molar-refractivity contribution in [2.24, 2.45) is 0 Å². The molecule has 9 heteroatoms. The molecule has 3 aromatic rings. The van der Waals surface area contributed by atoms with Gasteiger partial charge in [0, 0.05) is 30.5 Å². The first-order valence-electron chi connectivity index (χ1n) is 12.4. The van der Waals surface area contributed by atoms with E-state index in [-0.39, 0.29) is 0 Å². The van der Waals surface area contributed by atoms with Gasteiger partial charge in [-0.2, -0.15) is 18.2 Å². The molecule has 3 heterocycles. The first-order chi connectivity index (χ1) is 17.4. The summed E-state index contributed by atoms with van der Waals surface area (Å²) in [7, 11) is 0. The number of aliphatic carboxylic acids is 1. The van der Waals surface area contributed by atoms with E-state index in [1.807, 2.05) is 0 Å². The molecule has 2 N–H and O–H groups in total. The predicted molar refractivity (Wildman–Crippen MR) is 138 cm³/mol. The molecule has 1 spiro atoms. The number of carboxylic acids is 1. The second-order valence-electron chi connectivity index (χ2n) is 9.94. The minimum absolute atomic E-state index is 0.498. The highest BCUT2D eigenvalue weighted by atomic mass is 19.4. The third kappa shape index (κ3) is 5.32. The van der Waals surface area contributed by atoms with Crippen molar-refractivity contribution < 1.29 is 23.1 Å². The normalized spacial score (nSPS) is 20.4. The molecule has 37 heavy (non-hydrogen) atoms. The van der Waals surface area contributed by atoms with E-state index < -0.39 is 12.1 Å². The number of benzene rings is 2. The molecule has 1 fully saturated rings. The minimum Gasteiger partial charge on any atom is -0.475 e. The molecule has 1 aromatic heterocycles. The number of quaternary nitrogens is 1. The number of carboxylic acid groups (broad SMARTS) is 1. The highest BCUT2D eigenvalue weighted by molar-refractivity contribution is 5.73. The van der Waals surface area contributed by atoms with Gasteiger partial charge in [0.2, 0.25) is 11.8 Å². The summed E-state index contributed by atoms with van der Waals surface area (Å²) < 4.78 is 32.7. The lowest BCUT2D eigenvalue weighted by Crippen LogP contribution is -2.47. The van der Waals surface area contributed by atoms with Gasteiger partial charge >= 0.3 is 12.1 Å². The lowest BCUT2D eigenvalue weighted by Gasteiger charge is -2.35. The van der Waals surface area contributed by atoms with Crippen LogP contribution in [0.4, 0.5) is 30.6 Å². The molecule has 2 aromatic carbocycles. The van der Waals surface area contributed by atoms with E-state index in [0.29, 0.717) is 6.04 Å². The quantitative estimate of drug-likeness (QED) is 0.392. The van der Waals surface area contributed by atoms with Gasteiger partial charge in [0.25, 0.3) is 0 Å². The highest BCUT2D eigenvalue weighted by Gasteiger charge is 2.51. The molecular weight excluding hydrogens is 481 g/mol. The molecule has 196 valence electrons. The van der Waals surface area contributed by atoms with Gasteiger partial charge < -0.3 is 10.4 Å². The molecule has 0 aliphatic carbocycles. The van der Waals surface area contributed by atoms with Crippen LogP contribution in [0, 0.1) is 27.7 Å². The Kier molecular flexibility index (Phi) is 7.28. The van der Waals surface area contributed by atoms with E-state index in [4.69, 9.17) is 19.9 Å². The van der Waals surface area contributed by atoms with Gasteiger partial charge in [-0.1, -0.05) is 48.0 Å². The molecule has 2 aliphatic heterocycles. The van der Waals surface area contributed by atoms with Crippen LogP contribution in [0.2, 0.25) is 0 Å². The van der Waals surface area contributed by atoms with Crippen LogP contribution >= 0.6 is 0 Å². The fraction of sp³-hybridized carbons (Fsp3) is 0.393. The molecular formula is C28H32F3N4O2+. The van der Waals surface area contributed by atoms with Gasteiger partial charge in [-0.05, 0) is 38.8 Å². The number of nitrogens with one attached hydrogen (secondary N) is 1. The Hall–Kier alpha value is -3.46. The van der Waals surface area contributed by atoms with Crippen molar-refractivity contribution in [3.05, 3.63) is 76.0 Å². The largest absolute Gasteiger partial charge is 0.490 e. The number of halogens is 3. The number of nitrogens with zero attached hydrogens (tertiary/aromatic N) is 3. The van der Waals surface area contributed by atoms with Crippen LogP contribution in [0.5, 0.6) is 0 Å². The molecule has 5 rings (SSSR count). The standard InChI is InChI=1S/C26H31N4.C2HF3O2/c1-17-15-18(2)24(19(3)16-17)28-26-27-20(4)22-12-14-30(25(22)29-26)13-8-11-23(30)21-9-6-5-7-10-21;3-2(4,5)1(6)7/h5-7,9-10,15-16,23H,8,11-14H2,1-4H3,(H,27,28,29);(H,6,7)/q+1;. The van der Waals surface area contributed by atoms with Crippen molar-refractivity contribution in [1.29, 1.82) is 0 Å². The second kappa shape index (κ2) is 10.1. The molecule has 6 nitrogen and oxygen atoms in total. The van der Waals surface area contributed by atoms with E-state index in [0.717, 1.165) is 34.8 Å². The van der Waals surface area contributed by atoms with Crippen molar-refractivity contribution in [2.45, 2.75) is 59.2 Å². The summed E-state index contributed by atoms with van der Waals surface area (Å²) in [6, 6.07) is 16.0. The molecule has 2 aliphatic rings. The average Bonchev–Trinajstić information content (AvgIpc) is 3.42. The monoisotopic (exact) mass is 513 g/mol. The fourth-order valence-corrected chi connectivity index (χ4v) is 5.82. The Morgan fingerprint density at radius 2 is 1.65 bits per heavy atom. The lowest BCUT2D eigenvalue weighted by atomic mass is 10.0. The number of aromatic nitrogens is 2. The summed E-state index contributed by atoms with van der Waals surface area (Å²) in [5.74, 6) is -0.773. The molecule has 0 bridgehead atoms. The maximum Gasteiger partial charge on any atom is 0.490 e. The van der Waals surface area contributed by atoms with Gasteiger partial charge in [0.05, 0.1) is 24.3 Å². The summed E-state index contributed by atoms with van der Waals surface area (Å²) in [6.45, 7) is 10.9. The summed E-state index contributed by atoms with van der Waals surface area (Å²) in [5, 5.41) is 10.7. The van der Waals surface area contributed by atoms with E-state index in [1.165, 1.54) is 53.0 Å². The van der Waals surface area contributed by atoms with E-state index in [1.54, 1.807) is 0 Å². The van der Waals surface area contributed by atoms with Crippen LogP contribution in [0.1, 0.15) is 52.4 Å². The number of hydrogen-bond donors (Lipinski definition) is 2. The van der Waals surface area contributed by atoms with Crippen LogP contribution < -0.4 is 9.80 Å². The number of carbonyl (C=O) groups is 1. The smallest absolute Gasteiger partial charge is 0.475 e. The van der Waals surface area contributed by atoms with Crippen molar-refractivity contribution >= 4 is 23.4 Å². The highest BCUT2D eigenvalue weighted by Crippen LogP contribution is 2.48. The van der Waals surface area contributed by atoms with Gasteiger partial charge in [-0.25, -0.2) is 9.78 Å². The topological polar surface area (TPSA) is 75.1 Å². The number of anilines is 2. The van der Waals surface area contributed by atoms with Crippen LogP contribution in [0.3, 0.4) is 0 Å². The lowest BCUT2D eigenvalue weighted by molar-refractivity contribution is -0.192. The first kappa shape index (κ1) is 26.6. The number of rotatable bonds is 3. The number of alkyl halides is 3. The van der Waals surface area contributed by atoms with Gasteiger partial charge in [-0.15, -0.1) is 0 Å². The predicted octanol–water partition coefficient (Wildman–Crippen LogP) is 6.49. The van der Waals surface area contributed by atoms with Crippen LogP contribution in [-0.4, -0.2) is 40.3 Å². The van der Waals surface area contributed by atoms with E-state index in [9.17, 15) is 13.2 Å². The van der Waals surface area contributed by atoms with Crippen LogP contribution in [0.25, 0.3) is 0 Å². The summed E-state index contributed by atoms with van der Waals surface area (Å²) in [5.41, 5.74) is 8.82. The second-order valence-corrected chi connectivity index (χ2v) is 9.94. The van der Waals surface area contributed by atoms with Crippen molar-refractivity contribution in [2.75, 3.05) is 18.4 Å². The molecule has 0 radical (unpaired) electrons. The molecule has 2 unspecified atom stereocenters. The zero-order valence-corrected chi connectivity index (χ0v) is 21.5. The number of hydrogen-bond acceptors (Lipinski definition) is 4. The Bertz CT molecular complexity index is 1290. The van der Waals surface area contributed by atoms with Crippen LogP contribution in [-0.2, 0) is 11.2 Å². The van der Waals surface area contributed by atoms with E-state index in [2.05, 4.69) is 75.5 Å². The molecule has 2 atom stereocenters. The Labute approximate surface area is 214 Å². The Morgan fingerprint density at radius 3 is 2.24 bits per heavy atom. The summed E-state index contributed by atoms with van der Waals surface area (Å²) in [4.78, 5) is 18.9. The third-order valence-electron chi connectivity index (χ3n) is 7.35. The van der Waals surface area contributed by atoms with Crippen molar-refractivity contribution in [1.82, 2.24) is 14.5 Å². The first-order valence-corrected chi connectivity index (χ1v) is 12.4. The summed E-state index contributed by atoms with van der Waals surface area (Å²) >= 11 is 0. The van der Waals surface area contributed by atoms with Gasteiger partial charge in [-0.3, -0.25) is 4.48 Å². The third-order valence-corrected chi connectivity index (χ3v) is 7.35. The zero-order valence-electron chi connectivity index (χ0n) is 21.5. The maximum absolute atomic E-state index is 10.6. The molecule has 0 amide bonds. The Morgan fingerprint density at radius 1 is 1.03 bits per heavy atom. The molecule has 0 saturated carbocycles. The number of aryl methyl sites for hydroxylation is 4. The minimum atomic E-state index is -5.08. The van der Waals surface area contributed by atoms with Gasteiger partial charge in [0.1, 0.15) is 6.04 Å². The average molecular weight is 514 g/mol. The van der Waals surface area contributed by atoms with Crippen molar-refractivity contribution in [3.8, 4) is 0 Å². The maximum atomic E-state index is 10.6.